The van der Waals surface area contributed by atoms with Crippen LogP contribution in [0.3, 0.4) is 0 Å². The van der Waals surface area contributed by atoms with Crippen LogP contribution in [-0.2, 0) is 6.54 Å². The van der Waals surface area contributed by atoms with Gasteiger partial charge < -0.3 is 16.4 Å². The van der Waals surface area contributed by atoms with E-state index in [2.05, 4.69) is 29.2 Å². The second-order valence-electron chi connectivity index (χ2n) is 3.33. The van der Waals surface area contributed by atoms with Crippen molar-refractivity contribution in [2.45, 2.75) is 12.0 Å². The Kier molecular flexibility index (Phi) is 2.96. The fourth-order valence-corrected chi connectivity index (χ4v) is 2.54. The zero-order valence-electron chi connectivity index (χ0n) is 8.02. The van der Waals surface area contributed by atoms with Crippen LogP contribution in [0.15, 0.2) is 24.3 Å². The summed E-state index contributed by atoms with van der Waals surface area (Å²) in [5.41, 5.74) is 13.9. The molecule has 2 rings (SSSR count). The predicted molar refractivity (Wildman–Crippen MR) is 62.1 cm³/mol. The Balaban J connectivity index is 2.16. The summed E-state index contributed by atoms with van der Waals surface area (Å²) in [6.45, 7) is 1.63. The van der Waals surface area contributed by atoms with Gasteiger partial charge in [-0.3, -0.25) is 0 Å². The number of nitrogens with zero attached hydrogens (tertiary/aromatic N) is 1. The zero-order chi connectivity index (χ0) is 9.97. The van der Waals surface area contributed by atoms with E-state index in [1.165, 1.54) is 5.69 Å². The van der Waals surface area contributed by atoms with Crippen molar-refractivity contribution in [1.82, 2.24) is 0 Å². The topological polar surface area (TPSA) is 55.3 Å². The van der Waals surface area contributed by atoms with Crippen molar-refractivity contribution in [3.05, 3.63) is 29.8 Å². The lowest BCUT2D eigenvalue weighted by Crippen LogP contribution is -2.34. The Bertz CT molecular complexity index is 299. The molecule has 1 aliphatic rings. The summed E-state index contributed by atoms with van der Waals surface area (Å²) in [4.78, 5) is 2.21. The first-order chi connectivity index (χ1) is 6.81. The molecule has 1 unspecified atom stereocenters. The maximum atomic E-state index is 5.95. The number of benzene rings is 1. The monoisotopic (exact) mass is 209 g/mol. The van der Waals surface area contributed by atoms with E-state index in [0.717, 1.165) is 17.9 Å². The summed E-state index contributed by atoms with van der Waals surface area (Å²) in [6.07, 6.45) is 0. The van der Waals surface area contributed by atoms with Crippen molar-refractivity contribution in [3.8, 4) is 0 Å². The van der Waals surface area contributed by atoms with Gasteiger partial charge in [-0.05, 0) is 17.7 Å². The minimum atomic E-state index is 0.110. The van der Waals surface area contributed by atoms with Gasteiger partial charge in [0.25, 0.3) is 0 Å². The Morgan fingerprint density at radius 3 is 2.57 bits per heavy atom. The molecule has 1 atom stereocenters. The number of rotatable bonds is 2. The van der Waals surface area contributed by atoms with Crippen molar-refractivity contribution >= 4 is 17.4 Å². The van der Waals surface area contributed by atoms with E-state index in [-0.39, 0.29) is 5.50 Å². The van der Waals surface area contributed by atoms with Crippen LogP contribution in [0.25, 0.3) is 0 Å². The Morgan fingerprint density at radius 1 is 1.36 bits per heavy atom. The lowest BCUT2D eigenvalue weighted by molar-refractivity contribution is 0.838. The number of hydrogen-bond acceptors (Lipinski definition) is 4. The molecule has 1 fully saturated rings. The van der Waals surface area contributed by atoms with Crippen molar-refractivity contribution in [3.63, 3.8) is 0 Å². The first-order valence-electron chi connectivity index (χ1n) is 4.74. The van der Waals surface area contributed by atoms with Crippen LogP contribution in [0.1, 0.15) is 5.56 Å². The highest BCUT2D eigenvalue weighted by atomic mass is 32.2. The van der Waals surface area contributed by atoms with Gasteiger partial charge in [0.1, 0.15) is 5.50 Å². The van der Waals surface area contributed by atoms with Crippen LogP contribution in [0.5, 0.6) is 0 Å². The van der Waals surface area contributed by atoms with E-state index >= 15 is 0 Å². The van der Waals surface area contributed by atoms with E-state index < -0.39 is 0 Å². The second kappa shape index (κ2) is 4.21. The molecule has 0 saturated carbocycles. The molecular formula is C10H15N3S. The molecule has 4 heteroatoms. The van der Waals surface area contributed by atoms with Gasteiger partial charge in [-0.25, -0.2) is 0 Å². The Labute approximate surface area is 88.4 Å². The minimum absolute atomic E-state index is 0.110. The van der Waals surface area contributed by atoms with Crippen molar-refractivity contribution in [1.29, 1.82) is 0 Å². The van der Waals surface area contributed by atoms with Crippen LogP contribution in [-0.4, -0.2) is 17.8 Å². The van der Waals surface area contributed by atoms with Gasteiger partial charge in [-0.2, -0.15) is 0 Å². The molecule has 76 valence electrons. The standard InChI is InChI=1S/C10H15N3S/c11-7-8-1-3-9(4-2-8)13-5-6-14-10(13)12/h1-4,10H,5-7,11-12H2. The largest absolute Gasteiger partial charge is 0.347 e. The molecule has 1 aliphatic heterocycles. The lowest BCUT2D eigenvalue weighted by atomic mass is 10.2. The quantitative estimate of drug-likeness (QED) is 0.761. The average Bonchev–Trinajstić information content (AvgIpc) is 2.65. The summed E-state index contributed by atoms with van der Waals surface area (Å²) in [5.74, 6) is 1.11. The third-order valence-corrected chi connectivity index (χ3v) is 3.45. The molecule has 14 heavy (non-hydrogen) atoms. The molecular weight excluding hydrogens is 194 g/mol. The highest BCUT2D eigenvalue weighted by Crippen LogP contribution is 2.26. The molecule has 1 aromatic carbocycles. The van der Waals surface area contributed by atoms with E-state index in [4.69, 9.17) is 11.5 Å². The van der Waals surface area contributed by atoms with Gasteiger partial charge in [0.15, 0.2) is 0 Å². The van der Waals surface area contributed by atoms with Crippen molar-refractivity contribution in [2.75, 3.05) is 17.2 Å². The average molecular weight is 209 g/mol. The highest BCUT2D eigenvalue weighted by Gasteiger charge is 2.21. The predicted octanol–water partition coefficient (Wildman–Crippen LogP) is 0.941. The van der Waals surface area contributed by atoms with Crippen LogP contribution in [0.4, 0.5) is 5.69 Å². The van der Waals surface area contributed by atoms with E-state index in [0.29, 0.717) is 6.54 Å². The molecule has 1 aromatic rings. The maximum absolute atomic E-state index is 5.95. The lowest BCUT2D eigenvalue weighted by Gasteiger charge is -2.22. The molecule has 0 amide bonds. The van der Waals surface area contributed by atoms with E-state index in [1.54, 1.807) is 11.8 Å². The van der Waals surface area contributed by atoms with Gasteiger partial charge in [-0.15, -0.1) is 11.8 Å². The van der Waals surface area contributed by atoms with Gasteiger partial charge in [0.2, 0.25) is 0 Å². The summed E-state index contributed by atoms with van der Waals surface area (Å²) in [6, 6.07) is 8.30. The molecule has 1 heterocycles. The third kappa shape index (κ3) is 1.87. The number of anilines is 1. The van der Waals surface area contributed by atoms with Gasteiger partial charge >= 0.3 is 0 Å². The normalized spacial score (nSPS) is 21.6. The Hall–Kier alpha value is -0.710. The van der Waals surface area contributed by atoms with Crippen LogP contribution >= 0.6 is 11.8 Å². The third-order valence-electron chi connectivity index (χ3n) is 2.43. The van der Waals surface area contributed by atoms with Crippen molar-refractivity contribution in [2.24, 2.45) is 11.5 Å². The first kappa shape index (κ1) is 9.83. The zero-order valence-corrected chi connectivity index (χ0v) is 8.83. The molecule has 0 bridgehead atoms. The molecule has 1 saturated heterocycles. The summed E-state index contributed by atoms with van der Waals surface area (Å²) < 4.78 is 0. The maximum Gasteiger partial charge on any atom is 0.125 e. The molecule has 0 radical (unpaired) electrons. The highest BCUT2D eigenvalue weighted by molar-refractivity contribution is 8.00. The van der Waals surface area contributed by atoms with Crippen LogP contribution in [0, 0.1) is 0 Å². The molecule has 0 aromatic heterocycles. The van der Waals surface area contributed by atoms with E-state index in [9.17, 15) is 0 Å². The fourth-order valence-electron chi connectivity index (χ4n) is 1.59. The Morgan fingerprint density at radius 2 is 2.07 bits per heavy atom. The van der Waals surface area contributed by atoms with Gasteiger partial charge in [0.05, 0.1) is 0 Å². The SMILES string of the molecule is NCc1ccc(N2CCSC2N)cc1. The summed E-state index contributed by atoms with van der Waals surface area (Å²) in [7, 11) is 0. The molecule has 3 nitrogen and oxygen atoms in total. The van der Waals surface area contributed by atoms with Gasteiger partial charge in [-0.1, -0.05) is 12.1 Å². The summed E-state index contributed by atoms with van der Waals surface area (Å²) >= 11 is 1.79. The molecule has 4 N–H and O–H groups in total. The number of nitrogens with two attached hydrogens (primary N) is 2. The smallest absolute Gasteiger partial charge is 0.125 e. The van der Waals surface area contributed by atoms with Crippen LogP contribution in [0.2, 0.25) is 0 Å². The molecule has 0 aliphatic carbocycles. The fraction of sp³-hybridized carbons (Fsp3) is 0.400. The van der Waals surface area contributed by atoms with E-state index in [1.807, 2.05) is 0 Å². The number of thioether (sulfide) groups is 1. The summed E-state index contributed by atoms with van der Waals surface area (Å²) in [5, 5.41) is 0. The first-order valence-corrected chi connectivity index (χ1v) is 5.79. The van der Waals surface area contributed by atoms with Gasteiger partial charge in [0, 0.05) is 24.5 Å². The van der Waals surface area contributed by atoms with Crippen LogP contribution < -0.4 is 16.4 Å². The minimum Gasteiger partial charge on any atom is -0.347 e. The molecule has 0 spiro atoms. The van der Waals surface area contributed by atoms with Crippen molar-refractivity contribution < 1.29 is 0 Å². The second-order valence-corrected chi connectivity index (χ2v) is 4.55. The number of hydrogen-bond donors (Lipinski definition) is 2.